The molecule has 2 aromatic carbocycles. The van der Waals surface area contributed by atoms with E-state index in [4.69, 9.17) is 0 Å². The van der Waals surface area contributed by atoms with Crippen molar-refractivity contribution in [2.24, 2.45) is 0 Å². The van der Waals surface area contributed by atoms with Gasteiger partial charge in [-0.25, -0.2) is 14.4 Å². The summed E-state index contributed by atoms with van der Waals surface area (Å²) >= 11 is 0. The molecule has 1 unspecified atom stereocenters. The fourth-order valence-electron chi connectivity index (χ4n) is 3.53. The molecule has 1 saturated heterocycles. The van der Waals surface area contributed by atoms with Crippen LogP contribution in [-0.4, -0.2) is 36.1 Å². The fourth-order valence-corrected chi connectivity index (χ4v) is 3.53. The predicted octanol–water partition coefficient (Wildman–Crippen LogP) is 4.12. The summed E-state index contributed by atoms with van der Waals surface area (Å²) in [6.45, 7) is 5.21. The largest absolute Gasteiger partial charge is 0.366 e. The highest BCUT2D eigenvalue weighted by atomic mass is 19.1. The Morgan fingerprint density at radius 3 is 2.32 bits per heavy atom. The molecule has 0 amide bonds. The quantitative estimate of drug-likeness (QED) is 0.725. The van der Waals surface area contributed by atoms with E-state index in [1.807, 2.05) is 36.4 Å². The van der Waals surface area contributed by atoms with Gasteiger partial charge in [0, 0.05) is 38.3 Å². The summed E-state index contributed by atoms with van der Waals surface area (Å²) in [5, 5.41) is 3.44. The molecule has 28 heavy (non-hydrogen) atoms. The molecule has 1 atom stereocenters. The molecule has 1 N–H and O–H groups in total. The first-order chi connectivity index (χ1) is 13.7. The van der Waals surface area contributed by atoms with Crippen LogP contribution < -0.4 is 15.1 Å². The third-order valence-electron chi connectivity index (χ3n) is 5.11. The van der Waals surface area contributed by atoms with E-state index in [0.717, 1.165) is 37.8 Å². The maximum atomic E-state index is 14.0. The first-order valence-corrected chi connectivity index (χ1v) is 9.58. The first kappa shape index (κ1) is 18.2. The second-order valence-electron chi connectivity index (χ2n) is 6.96. The van der Waals surface area contributed by atoms with E-state index >= 15 is 0 Å². The number of nitrogens with one attached hydrogen (secondary N) is 1. The molecule has 0 saturated carbocycles. The number of anilines is 3. The molecule has 0 bridgehead atoms. The summed E-state index contributed by atoms with van der Waals surface area (Å²) in [6, 6.07) is 19.4. The Hall–Kier alpha value is -3.15. The Balaban J connectivity index is 1.41. The van der Waals surface area contributed by atoms with Gasteiger partial charge in [-0.15, -0.1) is 0 Å². The fraction of sp³-hybridized carbons (Fsp3) is 0.273. The lowest BCUT2D eigenvalue weighted by Crippen LogP contribution is -2.47. The number of hydrogen-bond donors (Lipinski definition) is 1. The number of benzene rings is 2. The summed E-state index contributed by atoms with van der Waals surface area (Å²) in [5.41, 5.74) is 1.88. The van der Waals surface area contributed by atoms with Gasteiger partial charge in [-0.2, -0.15) is 0 Å². The van der Waals surface area contributed by atoms with E-state index in [0.29, 0.717) is 5.69 Å². The van der Waals surface area contributed by atoms with Crippen molar-refractivity contribution >= 4 is 17.3 Å². The Morgan fingerprint density at radius 2 is 1.57 bits per heavy atom. The minimum atomic E-state index is -0.167. The second kappa shape index (κ2) is 8.25. The molecule has 1 aromatic heterocycles. The molecule has 0 spiro atoms. The first-order valence-electron chi connectivity index (χ1n) is 9.58. The second-order valence-corrected chi connectivity index (χ2v) is 6.96. The SMILES string of the molecule is CC(Nc1cc(N2CCN(c3ccccc3F)CC2)ncn1)c1ccccc1. The van der Waals surface area contributed by atoms with Crippen LogP contribution in [0.3, 0.4) is 0 Å². The summed E-state index contributed by atoms with van der Waals surface area (Å²) < 4.78 is 14.0. The topological polar surface area (TPSA) is 44.3 Å². The number of aromatic nitrogens is 2. The standard InChI is InChI=1S/C22H24FN5/c1-17(18-7-3-2-4-8-18)26-21-15-22(25-16-24-21)28-13-11-27(12-14-28)20-10-6-5-9-19(20)23/h2-10,15-17H,11-14H2,1H3,(H,24,25,26). The van der Waals surface area contributed by atoms with Gasteiger partial charge >= 0.3 is 0 Å². The van der Waals surface area contributed by atoms with Gasteiger partial charge in [-0.05, 0) is 24.6 Å². The van der Waals surface area contributed by atoms with Crippen molar-refractivity contribution < 1.29 is 4.39 Å². The van der Waals surface area contributed by atoms with Crippen LogP contribution in [0.15, 0.2) is 67.0 Å². The van der Waals surface area contributed by atoms with Crippen molar-refractivity contribution in [3.05, 3.63) is 78.4 Å². The zero-order valence-electron chi connectivity index (χ0n) is 15.9. The van der Waals surface area contributed by atoms with Crippen molar-refractivity contribution in [1.29, 1.82) is 0 Å². The number of halogens is 1. The van der Waals surface area contributed by atoms with Crippen molar-refractivity contribution in [1.82, 2.24) is 9.97 Å². The van der Waals surface area contributed by atoms with Crippen LogP contribution in [0.5, 0.6) is 0 Å². The molecule has 0 radical (unpaired) electrons. The van der Waals surface area contributed by atoms with E-state index in [-0.39, 0.29) is 11.9 Å². The van der Waals surface area contributed by atoms with E-state index in [1.165, 1.54) is 11.6 Å². The van der Waals surface area contributed by atoms with Crippen molar-refractivity contribution in [2.75, 3.05) is 41.3 Å². The molecule has 1 fully saturated rings. The molecule has 6 heteroatoms. The molecule has 144 valence electrons. The minimum absolute atomic E-state index is 0.154. The van der Waals surface area contributed by atoms with Gasteiger partial charge in [-0.1, -0.05) is 42.5 Å². The van der Waals surface area contributed by atoms with Crippen molar-refractivity contribution in [3.8, 4) is 0 Å². The molecule has 1 aliphatic rings. The molecule has 1 aliphatic heterocycles. The predicted molar refractivity (Wildman–Crippen MR) is 111 cm³/mol. The van der Waals surface area contributed by atoms with Crippen molar-refractivity contribution in [2.45, 2.75) is 13.0 Å². The van der Waals surface area contributed by atoms with Gasteiger partial charge in [0.1, 0.15) is 23.8 Å². The molecule has 2 heterocycles. The van der Waals surface area contributed by atoms with Crippen LogP contribution in [-0.2, 0) is 0 Å². The third kappa shape index (κ3) is 4.06. The summed E-state index contributed by atoms with van der Waals surface area (Å²) in [7, 11) is 0. The van der Waals surface area contributed by atoms with Crippen LogP contribution in [0.4, 0.5) is 21.7 Å². The molecule has 4 rings (SSSR count). The minimum Gasteiger partial charge on any atom is -0.366 e. The summed E-state index contributed by atoms with van der Waals surface area (Å²) in [4.78, 5) is 13.1. The van der Waals surface area contributed by atoms with Crippen LogP contribution in [0, 0.1) is 5.82 Å². The number of rotatable bonds is 5. The highest BCUT2D eigenvalue weighted by molar-refractivity contribution is 5.53. The molecule has 0 aliphatic carbocycles. The average Bonchev–Trinajstić information content (AvgIpc) is 2.75. The number of piperazine rings is 1. The van der Waals surface area contributed by atoms with Crippen LogP contribution in [0.2, 0.25) is 0 Å². The smallest absolute Gasteiger partial charge is 0.146 e. The normalized spacial score (nSPS) is 15.4. The maximum Gasteiger partial charge on any atom is 0.146 e. The third-order valence-corrected chi connectivity index (χ3v) is 5.11. The van der Waals surface area contributed by atoms with Gasteiger partial charge in [0.05, 0.1) is 5.69 Å². The number of para-hydroxylation sites is 1. The van der Waals surface area contributed by atoms with Crippen LogP contribution >= 0.6 is 0 Å². The number of nitrogens with zero attached hydrogens (tertiary/aromatic N) is 4. The van der Waals surface area contributed by atoms with Crippen molar-refractivity contribution in [3.63, 3.8) is 0 Å². The van der Waals surface area contributed by atoms with Gasteiger partial charge in [0.25, 0.3) is 0 Å². The molecule has 3 aromatic rings. The molecular formula is C22H24FN5. The highest BCUT2D eigenvalue weighted by Gasteiger charge is 2.20. The molecule has 5 nitrogen and oxygen atoms in total. The van der Waals surface area contributed by atoms with E-state index < -0.39 is 0 Å². The van der Waals surface area contributed by atoms with Gasteiger partial charge in [0.2, 0.25) is 0 Å². The Morgan fingerprint density at radius 1 is 0.893 bits per heavy atom. The van der Waals surface area contributed by atoms with Crippen LogP contribution in [0.25, 0.3) is 0 Å². The summed E-state index contributed by atoms with van der Waals surface area (Å²) in [5.74, 6) is 1.53. The lowest BCUT2D eigenvalue weighted by atomic mass is 10.1. The van der Waals surface area contributed by atoms with E-state index in [9.17, 15) is 4.39 Å². The van der Waals surface area contributed by atoms with Gasteiger partial charge < -0.3 is 15.1 Å². The average molecular weight is 377 g/mol. The summed E-state index contributed by atoms with van der Waals surface area (Å²) in [6.07, 6.45) is 1.60. The Bertz CT molecular complexity index is 910. The Kier molecular flexibility index (Phi) is 5.37. The van der Waals surface area contributed by atoms with E-state index in [1.54, 1.807) is 12.4 Å². The van der Waals surface area contributed by atoms with Gasteiger partial charge in [-0.3, -0.25) is 0 Å². The zero-order chi connectivity index (χ0) is 19.3. The number of hydrogen-bond acceptors (Lipinski definition) is 5. The monoisotopic (exact) mass is 377 g/mol. The highest BCUT2D eigenvalue weighted by Crippen LogP contribution is 2.24. The van der Waals surface area contributed by atoms with Crippen LogP contribution in [0.1, 0.15) is 18.5 Å². The lowest BCUT2D eigenvalue weighted by molar-refractivity contribution is 0.596. The van der Waals surface area contributed by atoms with E-state index in [2.05, 4.69) is 44.1 Å². The molecular weight excluding hydrogens is 353 g/mol. The maximum absolute atomic E-state index is 14.0. The zero-order valence-corrected chi connectivity index (χ0v) is 15.9. The Labute approximate surface area is 164 Å². The van der Waals surface area contributed by atoms with Gasteiger partial charge in [0.15, 0.2) is 0 Å². The lowest BCUT2D eigenvalue weighted by Gasteiger charge is -2.36.